The molecule has 2 N–H and O–H groups in total. The smallest absolute Gasteiger partial charge is 0.321 e. The molecule has 2 aromatic carbocycles. The van der Waals surface area contributed by atoms with Gasteiger partial charge < -0.3 is 20.1 Å². The third-order valence-electron chi connectivity index (χ3n) is 3.31. The lowest BCUT2D eigenvalue weighted by molar-refractivity contribution is 0.166. The summed E-state index contributed by atoms with van der Waals surface area (Å²) in [6.07, 6.45) is 0. The number of carbonyl (C=O) groups excluding carboxylic acids is 1. The number of nitrogens with zero attached hydrogens (tertiary/aromatic N) is 1. The van der Waals surface area contributed by atoms with Crippen LogP contribution in [0.3, 0.4) is 0 Å². The number of rotatable bonds is 5. The fraction of sp³-hybridized carbons (Fsp3) is 0.235. The van der Waals surface area contributed by atoms with E-state index in [1.54, 1.807) is 26.1 Å². The second-order valence-corrected chi connectivity index (χ2v) is 5.02. The molecule has 0 aliphatic rings. The van der Waals surface area contributed by atoms with Crippen LogP contribution in [0.5, 0.6) is 11.5 Å². The highest BCUT2D eigenvalue weighted by Crippen LogP contribution is 2.24. The molecule has 22 heavy (non-hydrogen) atoms. The summed E-state index contributed by atoms with van der Waals surface area (Å²) >= 11 is 0. The number of likely N-dealkylation sites (N-methyl/N-ethyl adjacent to an activating group) is 1. The Morgan fingerprint density at radius 2 is 1.86 bits per heavy atom. The van der Waals surface area contributed by atoms with Gasteiger partial charge >= 0.3 is 6.03 Å². The van der Waals surface area contributed by atoms with Gasteiger partial charge in [0.2, 0.25) is 0 Å². The Morgan fingerprint density at radius 3 is 2.55 bits per heavy atom. The molecule has 5 heteroatoms. The number of benzene rings is 2. The molecule has 0 heterocycles. The van der Waals surface area contributed by atoms with E-state index in [0.717, 1.165) is 5.75 Å². The number of para-hydroxylation sites is 1. The van der Waals surface area contributed by atoms with Gasteiger partial charge in [-0.1, -0.05) is 24.3 Å². The molecule has 0 saturated heterocycles. The molecule has 1 atom stereocenters. The van der Waals surface area contributed by atoms with Gasteiger partial charge in [-0.15, -0.1) is 0 Å². The van der Waals surface area contributed by atoms with Crippen LogP contribution in [0.1, 0.15) is 6.92 Å². The minimum Gasteiger partial charge on any atom is -0.457 e. The Balaban J connectivity index is 2.04. The number of amides is 2. The monoisotopic (exact) mass is 300 g/mol. The molecule has 0 saturated carbocycles. The summed E-state index contributed by atoms with van der Waals surface area (Å²) in [6.45, 7) is 1.69. The molecule has 0 aromatic heterocycles. The first kappa shape index (κ1) is 15.9. The lowest BCUT2D eigenvalue weighted by Gasteiger charge is -2.23. The summed E-state index contributed by atoms with van der Waals surface area (Å²) in [5, 5.41) is 11.9. The SMILES string of the molecule is CC(CO)N(C)C(=O)Nc1cccc(Oc2ccccc2)c1. The largest absolute Gasteiger partial charge is 0.457 e. The average Bonchev–Trinajstić information content (AvgIpc) is 2.54. The standard InChI is InChI=1S/C17H20N2O3/c1-13(12-20)19(2)17(21)18-14-7-6-10-16(11-14)22-15-8-4-3-5-9-15/h3-11,13,20H,12H2,1-2H3,(H,18,21). The van der Waals surface area contributed by atoms with Crippen molar-refractivity contribution in [3.8, 4) is 11.5 Å². The zero-order valence-corrected chi connectivity index (χ0v) is 12.7. The Kier molecular flexibility index (Phi) is 5.38. The molecule has 1 unspecified atom stereocenters. The predicted octanol–water partition coefficient (Wildman–Crippen LogP) is 3.32. The Morgan fingerprint density at radius 1 is 1.18 bits per heavy atom. The van der Waals surface area contributed by atoms with Crippen molar-refractivity contribution in [3.63, 3.8) is 0 Å². The van der Waals surface area contributed by atoms with Gasteiger partial charge in [0.15, 0.2) is 0 Å². The van der Waals surface area contributed by atoms with E-state index in [1.807, 2.05) is 42.5 Å². The first-order valence-electron chi connectivity index (χ1n) is 7.08. The number of aliphatic hydroxyl groups is 1. The Labute approximate surface area is 130 Å². The van der Waals surface area contributed by atoms with Gasteiger partial charge in [-0.3, -0.25) is 0 Å². The van der Waals surface area contributed by atoms with E-state index in [1.165, 1.54) is 4.90 Å². The van der Waals surface area contributed by atoms with E-state index in [2.05, 4.69) is 5.32 Å². The van der Waals surface area contributed by atoms with Crippen LogP contribution in [-0.2, 0) is 0 Å². The van der Waals surface area contributed by atoms with Crippen LogP contribution in [0.15, 0.2) is 54.6 Å². The summed E-state index contributed by atoms with van der Waals surface area (Å²) < 4.78 is 5.72. The second-order valence-electron chi connectivity index (χ2n) is 5.02. The number of urea groups is 1. The number of ether oxygens (including phenoxy) is 1. The summed E-state index contributed by atoms with van der Waals surface area (Å²) in [7, 11) is 1.64. The molecule has 2 amide bonds. The molecule has 0 radical (unpaired) electrons. The van der Waals surface area contributed by atoms with E-state index in [4.69, 9.17) is 9.84 Å². The van der Waals surface area contributed by atoms with Gasteiger partial charge in [0.05, 0.1) is 12.6 Å². The predicted molar refractivity (Wildman–Crippen MR) is 86.3 cm³/mol. The molecule has 0 aliphatic carbocycles. The number of nitrogens with one attached hydrogen (secondary N) is 1. The number of anilines is 1. The summed E-state index contributed by atoms with van der Waals surface area (Å²) in [6, 6.07) is 16.1. The quantitative estimate of drug-likeness (QED) is 0.890. The van der Waals surface area contributed by atoms with Gasteiger partial charge in [0, 0.05) is 18.8 Å². The normalized spacial score (nSPS) is 11.6. The number of carbonyl (C=O) groups is 1. The van der Waals surface area contributed by atoms with Crippen molar-refractivity contribution in [2.45, 2.75) is 13.0 Å². The molecule has 2 rings (SSSR count). The highest BCUT2D eigenvalue weighted by molar-refractivity contribution is 5.89. The van der Waals surface area contributed by atoms with Gasteiger partial charge in [-0.05, 0) is 31.2 Å². The average molecular weight is 300 g/mol. The Hall–Kier alpha value is -2.53. The number of hydrogen-bond donors (Lipinski definition) is 2. The first-order valence-corrected chi connectivity index (χ1v) is 7.08. The van der Waals surface area contributed by atoms with Gasteiger partial charge in [-0.25, -0.2) is 4.79 Å². The zero-order chi connectivity index (χ0) is 15.9. The molecular weight excluding hydrogens is 280 g/mol. The van der Waals surface area contributed by atoms with E-state index in [9.17, 15) is 4.79 Å². The lowest BCUT2D eigenvalue weighted by Crippen LogP contribution is -2.40. The van der Waals surface area contributed by atoms with Crippen LogP contribution in [0.4, 0.5) is 10.5 Å². The fourth-order valence-electron chi connectivity index (χ4n) is 1.80. The summed E-state index contributed by atoms with van der Waals surface area (Å²) in [5.74, 6) is 1.37. The maximum Gasteiger partial charge on any atom is 0.321 e. The Bertz CT molecular complexity index is 616. The zero-order valence-electron chi connectivity index (χ0n) is 12.7. The van der Waals surface area contributed by atoms with Crippen molar-refractivity contribution in [3.05, 3.63) is 54.6 Å². The molecular formula is C17H20N2O3. The van der Waals surface area contributed by atoms with Gasteiger partial charge in [0.25, 0.3) is 0 Å². The van der Waals surface area contributed by atoms with E-state index in [-0.39, 0.29) is 18.7 Å². The van der Waals surface area contributed by atoms with Crippen LogP contribution >= 0.6 is 0 Å². The highest BCUT2D eigenvalue weighted by atomic mass is 16.5. The van der Waals surface area contributed by atoms with Crippen LogP contribution in [0.2, 0.25) is 0 Å². The molecule has 116 valence electrons. The van der Waals surface area contributed by atoms with Gasteiger partial charge in [-0.2, -0.15) is 0 Å². The van der Waals surface area contributed by atoms with Gasteiger partial charge in [0.1, 0.15) is 11.5 Å². The third kappa shape index (κ3) is 4.23. The summed E-state index contributed by atoms with van der Waals surface area (Å²) in [4.78, 5) is 13.5. The number of aliphatic hydroxyl groups excluding tert-OH is 1. The minimum atomic E-state index is -0.279. The van der Waals surface area contributed by atoms with Crippen LogP contribution in [0, 0.1) is 0 Å². The van der Waals surface area contributed by atoms with Crippen molar-refractivity contribution in [1.29, 1.82) is 0 Å². The van der Waals surface area contributed by atoms with E-state index < -0.39 is 0 Å². The second kappa shape index (κ2) is 7.47. The van der Waals surface area contributed by atoms with Crippen molar-refractivity contribution in [2.75, 3.05) is 19.0 Å². The molecule has 5 nitrogen and oxygen atoms in total. The van der Waals surface area contributed by atoms with E-state index in [0.29, 0.717) is 11.4 Å². The highest BCUT2D eigenvalue weighted by Gasteiger charge is 2.14. The first-order chi connectivity index (χ1) is 10.6. The number of hydrogen-bond acceptors (Lipinski definition) is 3. The minimum absolute atomic E-state index is 0.0823. The molecule has 0 spiro atoms. The third-order valence-corrected chi connectivity index (χ3v) is 3.31. The van der Waals surface area contributed by atoms with Crippen molar-refractivity contribution >= 4 is 11.7 Å². The van der Waals surface area contributed by atoms with Crippen molar-refractivity contribution in [1.82, 2.24) is 4.90 Å². The molecule has 0 aliphatic heterocycles. The maximum atomic E-state index is 12.0. The molecule has 2 aromatic rings. The molecule has 0 fully saturated rings. The van der Waals surface area contributed by atoms with Crippen LogP contribution in [-0.4, -0.2) is 35.7 Å². The van der Waals surface area contributed by atoms with Crippen LogP contribution in [0.25, 0.3) is 0 Å². The van der Waals surface area contributed by atoms with Crippen molar-refractivity contribution < 1.29 is 14.6 Å². The lowest BCUT2D eigenvalue weighted by atomic mass is 10.3. The maximum absolute atomic E-state index is 12.0. The topological polar surface area (TPSA) is 61.8 Å². The summed E-state index contributed by atoms with van der Waals surface area (Å²) in [5.41, 5.74) is 0.635. The van der Waals surface area contributed by atoms with Crippen LogP contribution < -0.4 is 10.1 Å². The van der Waals surface area contributed by atoms with Crippen molar-refractivity contribution in [2.24, 2.45) is 0 Å². The molecule has 0 bridgehead atoms. The fourth-order valence-corrected chi connectivity index (χ4v) is 1.80. The van der Waals surface area contributed by atoms with E-state index >= 15 is 0 Å².